The molecule has 0 aromatic carbocycles. The van der Waals surface area contributed by atoms with Gasteiger partial charge < -0.3 is 9.30 Å². The molecule has 0 spiro atoms. The van der Waals surface area contributed by atoms with E-state index in [4.69, 9.17) is 15.3 Å². The Bertz CT molecular complexity index is 504. The number of hydrogen-bond acceptors (Lipinski definition) is 4. The Labute approximate surface area is 100 Å². The Balaban J connectivity index is 2.13. The van der Waals surface area contributed by atoms with Crippen molar-refractivity contribution in [2.45, 2.75) is 44.9 Å². The van der Waals surface area contributed by atoms with Crippen molar-refractivity contribution >= 4 is 0 Å². The van der Waals surface area contributed by atoms with E-state index < -0.39 is 0 Å². The summed E-state index contributed by atoms with van der Waals surface area (Å²) in [7, 11) is 0. The third kappa shape index (κ3) is 2.30. The van der Waals surface area contributed by atoms with Gasteiger partial charge in [-0.25, -0.2) is 4.98 Å². The lowest BCUT2D eigenvalue weighted by molar-refractivity contribution is -0.0217. The van der Waals surface area contributed by atoms with Gasteiger partial charge in [-0.1, -0.05) is 0 Å². The maximum atomic E-state index is 8.99. The average molecular weight is 230 g/mol. The molecule has 1 saturated heterocycles. The van der Waals surface area contributed by atoms with E-state index in [0.717, 1.165) is 12.8 Å². The molecule has 1 unspecified atom stereocenters. The number of nitrogens with zero attached hydrogens (tertiary/aromatic N) is 4. The fraction of sp³-hybridized carbons (Fsp3) is 0.583. The molecular weight excluding hydrogens is 216 g/mol. The zero-order valence-corrected chi connectivity index (χ0v) is 9.97. The fourth-order valence-corrected chi connectivity index (χ4v) is 2.15. The first-order chi connectivity index (χ1) is 8.05. The van der Waals surface area contributed by atoms with Gasteiger partial charge in [0.1, 0.15) is 12.1 Å². The van der Waals surface area contributed by atoms with Crippen LogP contribution >= 0.6 is 0 Å². The zero-order chi connectivity index (χ0) is 12.5. The van der Waals surface area contributed by atoms with Crippen LogP contribution in [-0.4, -0.2) is 21.3 Å². The zero-order valence-electron chi connectivity index (χ0n) is 9.97. The second-order valence-electron chi connectivity index (χ2n) is 4.86. The van der Waals surface area contributed by atoms with Crippen LogP contribution in [0, 0.1) is 22.7 Å². The molecule has 1 fully saturated rings. The second kappa shape index (κ2) is 4.20. The van der Waals surface area contributed by atoms with Crippen molar-refractivity contribution in [1.29, 1.82) is 10.5 Å². The predicted molar refractivity (Wildman–Crippen MR) is 59.8 cm³/mol. The molecule has 0 radical (unpaired) electrons. The summed E-state index contributed by atoms with van der Waals surface area (Å²) in [6.07, 6.45) is 3.61. The summed E-state index contributed by atoms with van der Waals surface area (Å²) in [5, 5.41) is 17.8. The summed E-state index contributed by atoms with van der Waals surface area (Å²) >= 11 is 0. The standard InChI is InChI=1S/C12H14N4O/c1-12(2)4-3-9(17-12)7-16-8-15-10(5-13)11(16)6-14/h8-9H,3-4,7H2,1-2H3. The van der Waals surface area contributed by atoms with Crippen LogP contribution in [-0.2, 0) is 11.3 Å². The lowest BCUT2D eigenvalue weighted by Gasteiger charge is -2.19. The molecule has 1 aromatic heterocycles. The quantitative estimate of drug-likeness (QED) is 0.773. The highest BCUT2D eigenvalue weighted by Gasteiger charge is 2.32. The van der Waals surface area contributed by atoms with Gasteiger partial charge in [-0.15, -0.1) is 0 Å². The van der Waals surface area contributed by atoms with Crippen LogP contribution in [0.4, 0.5) is 0 Å². The first-order valence-electron chi connectivity index (χ1n) is 5.59. The molecule has 88 valence electrons. The van der Waals surface area contributed by atoms with E-state index in [2.05, 4.69) is 18.8 Å². The van der Waals surface area contributed by atoms with Gasteiger partial charge in [0, 0.05) is 0 Å². The highest BCUT2D eigenvalue weighted by molar-refractivity contribution is 5.36. The molecule has 5 nitrogen and oxygen atoms in total. The molecule has 5 heteroatoms. The van der Waals surface area contributed by atoms with Crippen molar-refractivity contribution in [2.24, 2.45) is 0 Å². The Morgan fingerprint density at radius 2 is 2.29 bits per heavy atom. The summed E-state index contributed by atoms with van der Waals surface area (Å²) in [4.78, 5) is 3.91. The summed E-state index contributed by atoms with van der Waals surface area (Å²) in [6, 6.07) is 3.92. The molecule has 0 bridgehead atoms. The number of imidazole rings is 1. The Morgan fingerprint density at radius 3 is 2.82 bits per heavy atom. The van der Waals surface area contributed by atoms with Crippen molar-refractivity contribution in [3.63, 3.8) is 0 Å². The molecule has 1 aromatic rings. The minimum absolute atomic E-state index is 0.0872. The number of aromatic nitrogens is 2. The van der Waals surface area contributed by atoms with Crippen LogP contribution in [0.2, 0.25) is 0 Å². The van der Waals surface area contributed by atoms with Crippen molar-refractivity contribution < 1.29 is 4.74 Å². The average Bonchev–Trinajstić information content (AvgIpc) is 2.82. The number of ether oxygens (including phenoxy) is 1. The smallest absolute Gasteiger partial charge is 0.176 e. The first-order valence-corrected chi connectivity index (χ1v) is 5.59. The summed E-state index contributed by atoms with van der Waals surface area (Å²) in [5.74, 6) is 0. The SMILES string of the molecule is CC1(C)CCC(Cn2cnc(C#N)c2C#N)O1. The van der Waals surface area contributed by atoms with Crippen molar-refractivity contribution in [3.05, 3.63) is 17.7 Å². The third-order valence-electron chi connectivity index (χ3n) is 3.00. The second-order valence-corrected chi connectivity index (χ2v) is 4.86. The minimum Gasteiger partial charge on any atom is -0.370 e. The normalized spacial score (nSPS) is 22.0. The van der Waals surface area contributed by atoms with Gasteiger partial charge in [-0.05, 0) is 26.7 Å². The van der Waals surface area contributed by atoms with Crippen LogP contribution in [0.15, 0.2) is 6.33 Å². The molecule has 0 aliphatic carbocycles. The topological polar surface area (TPSA) is 74.6 Å². The van der Waals surface area contributed by atoms with Crippen LogP contribution in [0.25, 0.3) is 0 Å². The summed E-state index contributed by atoms with van der Waals surface area (Å²) in [6.45, 7) is 4.71. The van der Waals surface area contributed by atoms with E-state index in [1.807, 2.05) is 12.1 Å². The van der Waals surface area contributed by atoms with Crippen molar-refractivity contribution in [1.82, 2.24) is 9.55 Å². The van der Waals surface area contributed by atoms with E-state index in [1.54, 1.807) is 4.57 Å². The third-order valence-corrected chi connectivity index (χ3v) is 3.00. The van der Waals surface area contributed by atoms with Crippen LogP contribution in [0.1, 0.15) is 38.1 Å². The molecular formula is C12H14N4O. The van der Waals surface area contributed by atoms with Gasteiger partial charge in [0.15, 0.2) is 11.4 Å². The van der Waals surface area contributed by atoms with Gasteiger partial charge in [-0.3, -0.25) is 0 Å². The lowest BCUT2D eigenvalue weighted by Crippen LogP contribution is -2.23. The van der Waals surface area contributed by atoms with Crippen molar-refractivity contribution in [3.8, 4) is 12.1 Å². The van der Waals surface area contributed by atoms with Gasteiger partial charge in [-0.2, -0.15) is 10.5 Å². The fourth-order valence-electron chi connectivity index (χ4n) is 2.15. The minimum atomic E-state index is -0.0872. The molecule has 1 aliphatic heterocycles. The van der Waals surface area contributed by atoms with Gasteiger partial charge >= 0.3 is 0 Å². The van der Waals surface area contributed by atoms with E-state index in [0.29, 0.717) is 12.2 Å². The maximum absolute atomic E-state index is 8.99. The molecule has 0 N–H and O–H groups in total. The number of hydrogen-bond donors (Lipinski definition) is 0. The lowest BCUT2D eigenvalue weighted by atomic mass is 10.1. The van der Waals surface area contributed by atoms with Gasteiger partial charge in [0.05, 0.1) is 24.6 Å². The summed E-state index contributed by atoms with van der Waals surface area (Å²) in [5.41, 5.74) is 0.418. The summed E-state index contributed by atoms with van der Waals surface area (Å²) < 4.78 is 7.55. The Hall–Kier alpha value is -1.85. The van der Waals surface area contributed by atoms with Gasteiger partial charge in [0.2, 0.25) is 0 Å². The van der Waals surface area contributed by atoms with E-state index in [1.165, 1.54) is 6.33 Å². The molecule has 0 saturated carbocycles. The molecule has 0 amide bonds. The highest BCUT2D eigenvalue weighted by atomic mass is 16.5. The van der Waals surface area contributed by atoms with Crippen LogP contribution in [0.5, 0.6) is 0 Å². The largest absolute Gasteiger partial charge is 0.370 e. The number of nitriles is 2. The van der Waals surface area contributed by atoms with Crippen LogP contribution in [0.3, 0.4) is 0 Å². The Morgan fingerprint density at radius 1 is 1.53 bits per heavy atom. The highest BCUT2D eigenvalue weighted by Crippen LogP contribution is 2.30. The predicted octanol–water partition coefficient (Wildman–Crippen LogP) is 1.58. The van der Waals surface area contributed by atoms with Crippen molar-refractivity contribution in [2.75, 3.05) is 0 Å². The Kier molecular flexibility index (Phi) is 2.87. The molecule has 2 heterocycles. The molecule has 1 atom stereocenters. The molecule has 1 aliphatic rings. The van der Waals surface area contributed by atoms with E-state index >= 15 is 0 Å². The molecule has 2 rings (SSSR count). The van der Waals surface area contributed by atoms with Gasteiger partial charge in [0.25, 0.3) is 0 Å². The monoisotopic (exact) mass is 230 g/mol. The number of rotatable bonds is 2. The molecule has 17 heavy (non-hydrogen) atoms. The van der Waals surface area contributed by atoms with E-state index in [-0.39, 0.29) is 17.4 Å². The first kappa shape index (κ1) is 11.6. The van der Waals surface area contributed by atoms with Crippen LogP contribution < -0.4 is 0 Å². The maximum Gasteiger partial charge on any atom is 0.176 e. The van der Waals surface area contributed by atoms with E-state index in [9.17, 15) is 0 Å².